The lowest BCUT2D eigenvalue weighted by Crippen LogP contribution is -2.48. The van der Waals surface area contributed by atoms with Crippen molar-refractivity contribution in [3.8, 4) is 12.3 Å². The third kappa shape index (κ3) is 6.86. The first-order chi connectivity index (χ1) is 14.2. The van der Waals surface area contributed by atoms with Crippen LogP contribution in [0.5, 0.6) is 0 Å². The molecule has 2 atom stereocenters. The van der Waals surface area contributed by atoms with Gasteiger partial charge in [0.05, 0.1) is 17.0 Å². The summed E-state index contributed by atoms with van der Waals surface area (Å²) in [5.74, 6) is 0.908. The molecule has 0 heterocycles. The number of terminal acetylenes is 1. The first-order valence-corrected chi connectivity index (χ1v) is 11.0. The Kier molecular flexibility index (Phi) is 8.38. The third-order valence-electron chi connectivity index (χ3n) is 4.78. The van der Waals surface area contributed by atoms with Gasteiger partial charge < -0.3 is 10.1 Å². The van der Waals surface area contributed by atoms with Gasteiger partial charge in [0.1, 0.15) is 0 Å². The molecule has 3 N–H and O–H groups in total. The molecule has 1 saturated carbocycles. The van der Waals surface area contributed by atoms with Crippen LogP contribution in [0.15, 0.2) is 29.2 Å². The highest BCUT2D eigenvalue weighted by atomic mass is 32.2. The van der Waals surface area contributed by atoms with E-state index in [-0.39, 0.29) is 23.0 Å². The first-order valence-electron chi connectivity index (χ1n) is 9.53. The number of amides is 3. The fourth-order valence-corrected chi connectivity index (χ4v) is 4.04. The zero-order valence-electron chi connectivity index (χ0n) is 16.6. The average Bonchev–Trinajstić information content (AvgIpc) is 2.72. The number of ether oxygens (including phenoxy) is 1. The van der Waals surface area contributed by atoms with Crippen LogP contribution < -0.4 is 15.4 Å². The Hall–Kier alpha value is -2.90. The van der Waals surface area contributed by atoms with Crippen molar-refractivity contribution in [2.24, 2.45) is 5.92 Å². The topological polar surface area (TPSA) is 131 Å². The van der Waals surface area contributed by atoms with Crippen LogP contribution in [0.1, 0.15) is 43.0 Å². The van der Waals surface area contributed by atoms with E-state index in [1.165, 1.54) is 24.3 Å². The lowest BCUT2D eigenvalue weighted by atomic mass is 9.86. The summed E-state index contributed by atoms with van der Waals surface area (Å²) < 4.78 is 30.9. The molecule has 0 bridgehead atoms. The number of hydrogen-bond acceptors (Lipinski definition) is 6. The molecule has 3 amide bonds. The smallest absolute Gasteiger partial charge is 0.338 e. The number of carbonyl (C=O) groups excluding carboxylic acids is 3. The van der Waals surface area contributed by atoms with Gasteiger partial charge in [0.25, 0.3) is 5.91 Å². The molecule has 30 heavy (non-hydrogen) atoms. The number of rotatable bonds is 7. The second-order valence-electron chi connectivity index (χ2n) is 7.02. The summed E-state index contributed by atoms with van der Waals surface area (Å²) in [5, 5.41) is 4.90. The Morgan fingerprint density at radius 1 is 1.17 bits per heavy atom. The molecule has 10 heteroatoms. The number of nitrogens with one attached hydrogen (secondary N) is 3. The summed E-state index contributed by atoms with van der Waals surface area (Å²) in [7, 11) is -3.77. The van der Waals surface area contributed by atoms with Crippen LogP contribution >= 0.6 is 0 Å². The minimum atomic E-state index is -3.77. The Morgan fingerprint density at radius 3 is 2.47 bits per heavy atom. The SMILES string of the molecule is C#CCNS(=O)(=O)c1ccc(C(=O)OCC(=O)NC(=O)NC2CCCCC2C)cc1. The molecule has 1 fully saturated rings. The molecule has 9 nitrogen and oxygen atoms in total. The molecule has 0 aromatic heterocycles. The van der Waals surface area contributed by atoms with Crippen molar-refractivity contribution in [2.75, 3.05) is 13.2 Å². The van der Waals surface area contributed by atoms with Gasteiger partial charge in [-0.1, -0.05) is 25.7 Å². The van der Waals surface area contributed by atoms with E-state index < -0.39 is 34.5 Å². The molecule has 0 spiro atoms. The number of benzene rings is 1. The van der Waals surface area contributed by atoms with E-state index in [4.69, 9.17) is 11.2 Å². The predicted octanol–water partition coefficient (Wildman–Crippen LogP) is 1.16. The molecule has 2 unspecified atom stereocenters. The van der Waals surface area contributed by atoms with Crippen molar-refractivity contribution < 1.29 is 27.5 Å². The number of hydrogen-bond donors (Lipinski definition) is 3. The lowest BCUT2D eigenvalue weighted by molar-refractivity contribution is -0.123. The second-order valence-corrected chi connectivity index (χ2v) is 8.79. The van der Waals surface area contributed by atoms with Crippen LogP contribution in [0.2, 0.25) is 0 Å². The standard InChI is InChI=1S/C20H25N3O6S/c1-3-12-21-30(27,28)16-10-8-15(9-11-16)19(25)29-13-18(24)23-20(26)22-17-7-5-4-6-14(17)2/h1,8-11,14,17,21H,4-7,12-13H2,2H3,(H2,22,23,24,26). The number of esters is 1. The first kappa shape index (κ1) is 23.4. The Labute approximate surface area is 176 Å². The van der Waals surface area contributed by atoms with Crippen molar-refractivity contribution in [1.82, 2.24) is 15.4 Å². The minimum absolute atomic E-state index is 0.0130. The molecule has 0 saturated heterocycles. The van der Waals surface area contributed by atoms with E-state index in [0.717, 1.165) is 25.7 Å². The summed E-state index contributed by atoms with van der Waals surface area (Å²) in [4.78, 5) is 35.7. The van der Waals surface area contributed by atoms with Crippen molar-refractivity contribution in [3.05, 3.63) is 29.8 Å². The summed E-state index contributed by atoms with van der Waals surface area (Å²) in [6.07, 6.45) is 9.07. The van der Waals surface area contributed by atoms with Crippen molar-refractivity contribution in [3.63, 3.8) is 0 Å². The normalized spacial score (nSPS) is 18.7. The molecule has 162 valence electrons. The molecule has 0 aliphatic heterocycles. The van der Waals surface area contributed by atoms with E-state index in [2.05, 4.69) is 28.2 Å². The number of urea groups is 1. The van der Waals surface area contributed by atoms with Gasteiger partial charge in [0.15, 0.2) is 6.61 Å². The van der Waals surface area contributed by atoms with Crippen LogP contribution in [0.3, 0.4) is 0 Å². The fourth-order valence-electron chi connectivity index (χ4n) is 3.10. The van der Waals surface area contributed by atoms with Gasteiger partial charge in [-0.3, -0.25) is 10.1 Å². The van der Waals surface area contributed by atoms with Gasteiger partial charge >= 0.3 is 12.0 Å². The maximum atomic E-state index is 12.0. The number of carbonyl (C=O) groups is 3. The molecular formula is C20H25N3O6S. The molecule has 0 radical (unpaired) electrons. The van der Waals surface area contributed by atoms with Crippen LogP contribution in [0, 0.1) is 18.3 Å². The summed E-state index contributed by atoms with van der Waals surface area (Å²) in [6, 6.07) is 4.33. The highest BCUT2D eigenvalue weighted by Gasteiger charge is 2.23. The monoisotopic (exact) mass is 435 g/mol. The zero-order valence-corrected chi connectivity index (χ0v) is 17.5. The van der Waals surface area contributed by atoms with Crippen LogP contribution in [-0.2, 0) is 19.6 Å². The van der Waals surface area contributed by atoms with E-state index in [1.54, 1.807) is 0 Å². The predicted molar refractivity (Wildman–Crippen MR) is 109 cm³/mol. The van der Waals surface area contributed by atoms with Gasteiger partial charge in [-0.15, -0.1) is 6.42 Å². The summed E-state index contributed by atoms with van der Waals surface area (Å²) in [5.41, 5.74) is 0.0548. The molecular weight excluding hydrogens is 410 g/mol. The maximum absolute atomic E-state index is 12.0. The molecule has 1 aliphatic carbocycles. The quantitative estimate of drug-likeness (QED) is 0.435. The van der Waals surface area contributed by atoms with E-state index in [0.29, 0.717) is 5.92 Å². The lowest BCUT2D eigenvalue weighted by Gasteiger charge is -2.29. The highest BCUT2D eigenvalue weighted by Crippen LogP contribution is 2.23. The van der Waals surface area contributed by atoms with Gasteiger partial charge in [-0.05, 0) is 43.0 Å². The summed E-state index contributed by atoms with van der Waals surface area (Å²) >= 11 is 0. The Bertz CT molecular complexity index is 921. The maximum Gasteiger partial charge on any atom is 0.338 e. The van der Waals surface area contributed by atoms with Crippen LogP contribution in [0.25, 0.3) is 0 Å². The van der Waals surface area contributed by atoms with Crippen molar-refractivity contribution in [2.45, 2.75) is 43.5 Å². The Balaban J connectivity index is 1.81. The van der Waals surface area contributed by atoms with Gasteiger partial charge in [0.2, 0.25) is 10.0 Å². The Morgan fingerprint density at radius 2 is 1.83 bits per heavy atom. The number of imide groups is 1. The highest BCUT2D eigenvalue weighted by molar-refractivity contribution is 7.89. The van der Waals surface area contributed by atoms with Crippen LogP contribution in [-0.4, -0.2) is 45.5 Å². The van der Waals surface area contributed by atoms with Crippen LogP contribution in [0.4, 0.5) is 4.79 Å². The minimum Gasteiger partial charge on any atom is -0.452 e. The molecule has 1 aromatic carbocycles. The van der Waals surface area contributed by atoms with Gasteiger partial charge in [0, 0.05) is 6.04 Å². The zero-order chi connectivity index (χ0) is 22.1. The molecule has 1 aliphatic rings. The van der Waals surface area contributed by atoms with E-state index in [1.807, 2.05) is 0 Å². The summed E-state index contributed by atoms with van der Waals surface area (Å²) in [6.45, 7) is 1.25. The fraction of sp³-hybridized carbons (Fsp3) is 0.450. The van der Waals surface area contributed by atoms with Crippen molar-refractivity contribution in [1.29, 1.82) is 0 Å². The average molecular weight is 436 g/mol. The molecule has 1 aromatic rings. The van der Waals surface area contributed by atoms with E-state index in [9.17, 15) is 22.8 Å². The second kappa shape index (κ2) is 10.8. The van der Waals surface area contributed by atoms with Crippen molar-refractivity contribution >= 4 is 27.9 Å². The van der Waals surface area contributed by atoms with Gasteiger partial charge in [-0.25, -0.2) is 18.0 Å². The number of sulfonamides is 1. The van der Waals surface area contributed by atoms with Gasteiger partial charge in [-0.2, -0.15) is 4.72 Å². The van der Waals surface area contributed by atoms with E-state index >= 15 is 0 Å². The molecule has 2 rings (SSSR count). The largest absolute Gasteiger partial charge is 0.452 e. The third-order valence-corrected chi connectivity index (χ3v) is 6.20.